The molecule has 0 amide bonds. The first kappa shape index (κ1) is 15.1. The molecular formula is C14H18BrFN4. The highest BCUT2D eigenvalue weighted by atomic mass is 79.9. The van der Waals surface area contributed by atoms with Gasteiger partial charge in [0.1, 0.15) is 18.0 Å². The van der Waals surface area contributed by atoms with E-state index in [1.807, 2.05) is 17.8 Å². The summed E-state index contributed by atoms with van der Waals surface area (Å²) in [4.78, 5) is 4.28. The molecule has 1 aromatic carbocycles. The number of hydrogen-bond donors (Lipinski definition) is 1. The molecular weight excluding hydrogens is 323 g/mol. The predicted molar refractivity (Wildman–Crippen MR) is 79.9 cm³/mol. The SMILES string of the molecule is CCCn1ncnc1CC(NC)c1c(F)cccc1Br. The van der Waals surface area contributed by atoms with Gasteiger partial charge in [0.05, 0.1) is 0 Å². The van der Waals surface area contributed by atoms with E-state index in [-0.39, 0.29) is 11.9 Å². The van der Waals surface area contributed by atoms with Crippen LogP contribution in [0.3, 0.4) is 0 Å². The fourth-order valence-corrected chi connectivity index (χ4v) is 2.84. The number of aromatic nitrogens is 3. The molecule has 0 fully saturated rings. The number of rotatable bonds is 6. The van der Waals surface area contributed by atoms with E-state index in [0.717, 1.165) is 23.3 Å². The maximum absolute atomic E-state index is 14.1. The van der Waals surface area contributed by atoms with Crippen LogP contribution in [0.1, 0.15) is 30.8 Å². The van der Waals surface area contributed by atoms with Crippen molar-refractivity contribution < 1.29 is 4.39 Å². The Labute approximate surface area is 126 Å². The first-order valence-corrected chi connectivity index (χ1v) is 7.44. The van der Waals surface area contributed by atoms with Gasteiger partial charge in [0.25, 0.3) is 0 Å². The van der Waals surface area contributed by atoms with Crippen LogP contribution in [-0.2, 0) is 13.0 Å². The van der Waals surface area contributed by atoms with E-state index in [4.69, 9.17) is 0 Å². The first-order valence-electron chi connectivity index (χ1n) is 6.65. The molecule has 1 atom stereocenters. The maximum atomic E-state index is 14.1. The summed E-state index contributed by atoms with van der Waals surface area (Å²) in [6, 6.07) is 4.86. The van der Waals surface area contributed by atoms with Crippen LogP contribution in [0, 0.1) is 5.82 Å². The highest BCUT2D eigenvalue weighted by Crippen LogP contribution is 2.28. The van der Waals surface area contributed by atoms with Crippen molar-refractivity contribution >= 4 is 15.9 Å². The third-order valence-electron chi connectivity index (χ3n) is 3.21. The van der Waals surface area contributed by atoms with Crippen molar-refractivity contribution in [3.05, 3.63) is 46.2 Å². The predicted octanol–water partition coefficient (Wildman–Crippen LogP) is 3.09. The molecule has 0 saturated carbocycles. The second kappa shape index (κ2) is 6.95. The number of aryl methyl sites for hydroxylation is 1. The highest BCUT2D eigenvalue weighted by molar-refractivity contribution is 9.10. The average Bonchev–Trinajstić information content (AvgIpc) is 2.85. The van der Waals surface area contributed by atoms with Crippen LogP contribution in [-0.4, -0.2) is 21.8 Å². The summed E-state index contributed by atoms with van der Waals surface area (Å²) >= 11 is 3.42. The topological polar surface area (TPSA) is 42.7 Å². The normalized spacial score (nSPS) is 12.6. The zero-order valence-corrected chi connectivity index (χ0v) is 13.2. The van der Waals surface area contributed by atoms with Gasteiger partial charge in [0.2, 0.25) is 0 Å². The van der Waals surface area contributed by atoms with Crippen LogP contribution in [0.15, 0.2) is 29.0 Å². The molecule has 1 heterocycles. The Hall–Kier alpha value is -1.27. The molecule has 1 aromatic heterocycles. The lowest BCUT2D eigenvalue weighted by Crippen LogP contribution is -2.22. The smallest absolute Gasteiger partial charge is 0.138 e. The van der Waals surface area contributed by atoms with Crippen molar-refractivity contribution in [3.8, 4) is 0 Å². The molecule has 108 valence electrons. The molecule has 0 aliphatic heterocycles. The number of nitrogens with one attached hydrogen (secondary N) is 1. The van der Waals surface area contributed by atoms with Gasteiger partial charge in [-0.05, 0) is 25.6 Å². The largest absolute Gasteiger partial charge is 0.312 e. The van der Waals surface area contributed by atoms with Crippen molar-refractivity contribution in [1.29, 1.82) is 0 Å². The lowest BCUT2D eigenvalue weighted by atomic mass is 10.0. The molecule has 0 bridgehead atoms. The zero-order valence-electron chi connectivity index (χ0n) is 11.6. The van der Waals surface area contributed by atoms with Crippen molar-refractivity contribution in [2.45, 2.75) is 32.4 Å². The van der Waals surface area contributed by atoms with Crippen LogP contribution in [0.25, 0.3) is 0 Å². The Bertz CT molecular complexity index is 550. The van der Waals surface area contributed by atoms with E-state index < -0.39 is 0 Å². The quantitative estimate of drug-likeness (QED) is 0.878. The summed E-state index contributed by atoms with van der Waals surface area (Å²) in [7, 11) is 1.82. The van der Waals surface area contributed by atoms with Crippen LogP contribution in [0.5, 0.6) is 0 Å². The van der Waals surface area contributed by atoms with E-state index >= 15 is 0 Å². The maximum Gasteiger partial charge on any atom is 0.138 e. The summed E-state index contributed by atoms with van der Waals surface area (Å²) < 4.78 is 16.7. The second-order valence-electron chi connectivity index (χ2n) is 4.58. The Balaban J connectivity index is 2.27. The van der Waals surface area contributed by atoms with Crippen molar-refractivity contribution in [2.24, 2.45) is 0 Å². The Kier molecular flexibility index (Phi) is 5.25. The number of halogens is 2. The minimum absolute atomic E-state index is 0.148. The number of likely N-dealkylation sites (N-methyl/N-ethyl adjacent to an activating group) is 1. The fourth-order valence-electron chi connectivity index (χ4n) is 2.22. The molecule has 6 heteroatoms. The fraction of sp³-hybridized carbons (Fsp3) is 0.429. The lowest BCUT2D eigenvalue weighted by molar-refractivity contribution is 0.494. The van der Waals surface area contributed by atoms with Crippen molar-refractivity contribution in [1.82, 2.24) is 20.1 Å². The van der Waals surface area contributed by atoms with Gasteiger partial charge in [-0.3, -0.25) is 4.68 Å². The first-order chi connectivity index (χ1) is 9.67. The Morgan fingerprint density at radius 1 is 1.45 bits per heavy atom. The lowest BCUT2D eigenvalue weighted by Gasteiger charge is -2.18. The molecule has 0 aliphatic carbocycles. The minimum atomic E-state index is -0.222. The number of benzene rings is 1. The Morgan fingerprint density at radius 3 is 2.90 bits per heavy atom. The monoisotopic (exact) mass is 340 g/mol. The molecule has 0 radical (unpaired) electrons. The van der Waals surface area contributed by atoms with Gasteiger partial charge in [-0.1, -0.05) is 28.9 Å². The molecule has 20 heavy (non-hydrogen) atoms. The molecule has 4 nitrogen and oxygen atoms in total. The van der Waals surface area contributed by atoms with Gasteiger partial charge in [0, 0.05) is 29.0 Å². The van der Waals surface area contributed by atoms with Gasteiger partial charge >= 0.3 is 0 Å². The van der Waals surface area contributed by atoms with Crippen LogP contribution >= 0.6 is 15.9 Å². The minimum Gasteiger partial charge on any atom is -0.312 e. The van der Waals surface area contributed by atoms with Gasteiger partial charge in [-0.25, -0.2) is 9.37 Å². The number of nitrogens with zero attached hydrogens (tertiary/aromatic N) is 3. The molecule has 0 saturated heterocycles. The third kappa shape index (κ3) is 3.24. The average molecular weight is 341 g/mol. The zero-order chi connectivity index (χ0) is 14.5. The molecule has 0 aliphatic rings. The molecule has 2 rings (SSSR count). The van der Waals surface area contributed by atoms with Crippen LogP contribution in [0.4, 0.5) is 4.39 Å². The third-order valence-corrected chi connectivity index (χ3v) is 3.91. The second-order valence-corrected chi connectivity index (χ2v) is 5.43. The molecule has 1 unspecified atom stereocenters. The van der Waals surface area contributed by atoms with Gasteiger partial charge < -0.3 is 5.32 Å². The van der Waals surface area contributed by atoms with Gasteiger partial charge in [-0.15, -0.1) is 0 Å². The summed E-state index contributed by atoms with van der Waals surface area (Å²) in [6.45, 7) is 2.92. The summed E-state index contributed by atoms with van der Waals surface area (Å²) in [5, 5.41) is 7.36. The van der Waals surface area contributed by atoms with Crippen molar-refractivity contribution in [3.63, 3.8) is 0 Å². The van der Waals surface area contributed by atoms with E-state index in [2.05, 4.69) is 38.3 Å². The highest BCUT2D eigenvalue weighted by Gasteiger charge is 2.20. The van der Waals surface area contributed by atoms with Gasteiger partial charge in [0.15, 0.2) is 0 Å². The van der Waals surface area contributed by atoms with Crippen molar-refractivity contribution in [2.75, 3.05) is 7.05 Å². The van der Waals surface area contributed by atoms with E-state index in [0.29, 0.717) is 12.0 Å². The summed E-state index contributed by atoms with van der Waals surface area (Å²) in [5.74, 6) is 0.640. The summed E-state index contributed by atoms with van der Waals surface area (Å²) in [5.41, 5.74) is 0.626. The van der Waals surface area contributed by atoms with Crippen LogP contribution < -0.4 is 5.32 Å². The molecule has 2 aromatic rings. The van der Waals surface area contributed by atoms with Gasteiger partial charge in [-0.2, -0.15) is 5.10 Å². The molecule has 0 spiro atoms. The molecule has 1 N–H and O–H groups in total. The van der Waals surface area contributed by atoms with E-state index in [1.165, 1.54) is 6.07 Å². The Morgan fingerprint density at radius 2 is 2.25 bits per heavy atom. The standard InChI is InChI=1S/C14H18BrFN4/c1-3-7-20-13(18-9-19-20)8-12(17-2)14-10(15)5-4-6-11(14)16/h4-6,9,12,17H,3,7-8H2,1-2H3. The number of hydrogen-bond acceptors (Lipinski definition) is 3. The summed E-state index contributed by atoms with van der Waals surface area (Å²) in [6.07, 6.45) is 3.13. The van der Waals surface area contributed by atoms with E-state index in [9.17, 15) is 4.39 Å². The van der Waals surface area contributed by atoms with Crippen LogP contribution in [0.2, 0.25) is 0 Å². The van der Waals surface area contributed by atoms with E-state index in [1.54, 1.807) is 12.4 Å².